The van der Waals surface area contributed by atoms with Gasteiger partial charge in [-0.25, -0.2) is 17.8 Å². The van der Waals surface area contributed by atoms with Crippen molar-refractivity contribution in [1.29, 1.82) is 0 Å². The van der Waals surface area contributed by atoms with E-state index in [-0.39, 0.29) is 17.4 Å². The van der Waals surface area contributed by atoms with Crippen molar-refractivity contribution in [2.75, 3.05) is 19.7 Å². The van der Waals surface area contributed by atoms with Gasteiger partial charge in [-0.2, -0.15) is 4.31 Å². The molecule has 0 bridgehead atoms. The monoisotopic (exact) mass is 351 g/mol. The van der Waals surface area contributed by atoms with Gasteiger partial charge in [-0.05, 0) is 24.1 Å². The number of aryl methyl sites for hydroxylation is 1. The van der Waals surface area contributed by atoms with E-state index < -0.39 is 16.1 Å². The summed E-state index contributed by atoms with van der Waals surface area (Å²) in [5, 5.41) is 0.259. The van der Waals surface area contributed by atoms with Crippen LogP contribution in [-0.2, 0) is 27.7 Å². The van der Waals surface area contributed by atoms with Crippen LogP contribution in [0.5, 0.6) is 0 Å². The number of hydrogen-bond donors (Lipinski definition) is 0. The van der Waals surface area contributed by atoms with E-state index in [1.807, 2.05) is 0 Å². The minimum absolute atomic E-state index is 0.217. The highest BCUT2D eigenvalue weighted by molar-refractivity contribution is 7.89. The van der Waals surface area contributed by atoms with Gasteiger partial charge in [0.05, 0.1) is 18.9 Å². The quantitative estimate of drug-likeness (QED) is 0.845. The summed E-state index contributed by atoms with van der Waals surface area (Å²) >= 11 is 0. The Morgan fingerprint density at radius 3 is 2.79 bits per heavy atom. The topological polar surface area (TPSA) is 64.4 Å². The first-order chi connectivity index (χ1) is 11.6. The molecule has 1 unspecified atom stereocenters. The molecule has 0 amide bonds. The molecule has 128 valence electrons. The molecule has 6 nitrogen and oxygen atoms in total. The van der Waals surface area contributed by atoms with Gasteiger partial charge < -0.3 is 9.30 Å². The van der Waals surface area contributed by atoms with Crippen molar-refractivity contribution in [2.45, 2.75) is 30.5 Å². The third-order valence-corrected chi connectivity index (χ3v) is 6.42. The van der Waals surface area contributed by atoms with Crippen LogP contribution in [0.1, 0.15) is 23.9 Å². The number of imidazole rings is 1. The number of aromatic nitrogens is 2. The van der Waals surface area contributed by atoms with Crippen molar-refractivity contribution in [3.63, 3.8) is 0 Å². The zero-order valence-electron chi connectivity index (χ0n) is 13.1. The summed E-state index contributed by atoms with van der Waals surface area (Å²) in [4.78, 5) is 4.23. The number of benzene rings is 1. The molecule has 2 aliphatic rings. The van der Waals surface area contributed by atoms with Crippen LogP contribution in [0, 0.1) is 5.82 Å². The summed E-state index contributed by atoms with van der Waals surface area (Å²) in [5.74, 6) is 0.505. The fourth-order valence-corrected chi connectivity index (χ4v) is 4.86. The van der Waals surface area contributed by atoms with Crippen LogP contribution in [0.4, 0.5) is 4.39 Å². The minimum Gasteiger partial charge on any atom is -0.371 e. The Hall–Kier alpha value is -1.77. The molecule has 1 saturated heterocycles. The molecule has 1 atom stereocenters. The Morgan fingerprint density at radius 1 is 1.21 bits per heavy atom. The number of sulfonamides is 1. The molecule has 1 aromatic heterocycles. The van der Waals surface area contributed by atoms with Gasteiger partial charge >= 0.3 is 0 Å². The molecule has 24 heavy (non-hydrogen) atoms. The molecule has 0 aliphatic carbocycles. The maximum absolute atomic E-state index is 13.1. The Balaban J connectivity index is 1.60. The van der Waals surface area contributed by atoms with Gasteiger partial charge in [0, 0.05) is 26.1 Å². The lowest BCUT2D eigenvalue weighted by Gasteiger charge is -2.32. The number of ether oxygens (including phenoxy) is 1. The van der Waals surface area contributed by atoms with Crippen LogP contribution < -0.4 is 0 Å². The van der Waals surface area contributed by atoms with Crippen LogP contribution in [0.25, 0.3) is 0 Å². The highest BCUT2D eigenvalue weighted by atomic mass is 32.2. The van der Waals surface area contributed by atoms with Crippen molar-refractivity contribution in [3.8, 4) is 0 Å². The Labute approximate surface area is 139 Å². The first kappa shape index (κ1) is 15.7. The lowest BCUT2D eigenvalue weighted by Crippen LogP contribution is -2.42. The highest BCUT2D eigenvalue weighted by Crippen LogP contribution is 2.28. The van der Waals surface area contributed by atoms with Gasteiger partial charge in [-0.15, -0.1) is 0 Å². The van der Waals surface area contributed by atoms with Crippen molar-refractivity contribution in [2.24, 2.45) is 0 Å². The number of morpholine rings is 1. The highest BCUT2D eigenvalue weighted by Gasteiger charge is 2.35. The molecule has 3 heterocycles. The Kier molecular flexibility index (Phi) is 3.90. The van der Waals surface area contributed by atoms with E-state index in [0.29, 0.717) is 19.7 Å². The van der Waals surface area contributed by atoms with Crippen molar-refractivity contribution < 1.29 is 17.5 Å². The normalized spacial score (nSPS) is 21.8. The fraction of sp³-hybridized carbons (Fsp3) is 0.438. The summed E-state index contributed by atoms with van der Waals surface area (Å²) in [5.41, 5.74) is 0.773. The summed E-state index contributed by atoms with van der Waals surface area (Å²) < 4.78 is 48.0. The maximum Gasteiger partial charge on any atom is 0.260 e. The Morgan fingerprint density at radius 2 is 2.00 bits per heavy atom. The smallest absolute Gasteiger partial charge is 0.260 e. The number of halogens is 1. The molecule has 8 heteroatoms. The molecule has 0 spiro atoms. The lowest BCUT2D eigenvalue weighted by molar-refractivity contribution is -0.00271. The molecule has 0 radical (unpaired) electrons. The third-order valence-electron chi connectivity index (χ3n) is 4.56. The summed E-state index contributed by atoms with van der Waals surface area (Å²) in [6.45, 7) is 1.52. The first-order valence-electron chi connectivity index (χ1n) is 7.97. The van der Waals surface area contributed by atoms with Gasteiger partial charge in [-0.1, -0.05) is 12.1 Å². The average molecular weight is 351 g/mol. The van der Waals surface area contributed by atoms with Gasteiger partial charge in [0.15, 0.2) is 5.03 Å². The predicted molar refractivity (Wildman–Crippen MR) is 84.4 cm³/mol. The lowest BCUT2D eigenvalue weighted by atomic mass is 10.1. The summed E-state index contributed by atoms with van der Waals surface area (Å²) in [6, 6.07) is 5.98. The fourth-order valence-electron chi connectivity index (χ4n) is 3.29. The van der Waals surface area contributed by atoms with E-state index in [0.717, 1.165) is 24.2 Å². The summed E-state index contributed by atoms with van der Waals surface area (Å²) in [6.07, 6.45) is 2.80. The molecule has 2 aliphatic heterocycles. The van der Waals surface area contributed by atoms with Crippen molar-refractivity contribution >= 4 is 10.0 Å². The molecular formula is C16H18FN3O3S. The van der Waals surface area contributed by atoms with Crippen LogP contribution in [0.3, 0.4) is 0 Å². The van der Waals surface area contributed by atoms with Crippen molar-refractivity contribution in [1.82, 2.24) is 13.9 Å². The number of hydrogen-bond acceptors (Lipinski definition) is 4. The molecule has 2 aromatic rings. The van der Waals surface area contributed by atoms with Crippen molar-refractivity contribution in [3.05, 3.63) is 47.7 Å². The second-order valence-electron chi connectivity index (χ2n) is 6.04. The maximum atomic E-state index is 13.1. The van der Waals surface area contributed by atoms with E-state index in [2.05, 4.69) is 4.98 Å². The molecule has 1 aromatic carbocycles. The number of fused-ring (bicyclic) bond motifs is 1. The van der Waals surface area contributed by atoms with E-state index in [9.17, 15) is 12.8 Å². The van der Waals surface area contributed by atoms with E-state index in [1.54, 1.807) is 16.7 Å². The molecule has 0 saturated carbocycles. The SMILES string of the molecule is O=S(=O)(c1cnc2n1CCC2)N1CCOC(c2ccc(F)cc2)C1. The minimum atomic E-state index is -3.61. The molecule has 4 rings (SSSR count). The van der Waals surface area contributed by atoms with Gasteiger partial charge in [-0.3, -0.25) is 0 Å². The molecule has 0 N–H and O–H groups in total. The van der Waals surface area contributed by atoms with E-state index in [4.69, 9.17) is 4.74 Å². The van der Waals surface area contributed by atoms with Crippen LogP contribution in [-0.4, -0.2) is 42.0 Å². The second kappa shape index (κ2) is 5.94. The van der Waals surface area contributed by atoms with Gasteiger partial charge in [0.2, 0.25) is 0 Å². The average Bonchev–Trinajstić information content (AvgIpc) is 3.19. The number of rotatable bonds is 3. The summed E-state index contributed by atoms with van der Waals surface area (Å²) in [7, 11) is -3.61. The first-order valence-corrected chi connectivity index (χ1v) is 9.41. The molecular weight excluding hydrogens is 333 g/mol. The zero-order chi connectivity index (χ0) is 16.7. The van der Waals surface area contributed by atoms with Crippen LogP contribution in [0.2, 0.25) is 0 Å². The van der Waals surface area contributed by atoms with E-state index >= 15 is 0 Å². The standard InChI is InChI=1S/C16H18FN3O3S/c17-13-5-3-12(4-6-13)14-11-19(8-9-23-14)24(21,22)16-10-18-15-2-1-7-20(15)16/h3-6,10,14H,1-2,7-9,11H2. The second-order valence-corrected chi connectivity index (χ2v) is 7.93. The third kappa shape index (κ3) is 2.64. The predicted octanol–water partition coefficient (Wildman–Crippen LogP) is 1.73. The Bertz CT molecular complexity index is 848. The van der Waals surface area contributed by atoms with Crippen LogP contribution >= 0.6 is 0 Å². The molecule has 1 fully saturated rings. The van der Waals surface area contributed by atoms with Gasteiger partial charge in [0.25, 0.3) is 10.0 Å². The number of nitrogens with zero attached hydrogens (tertiary/aromatic N) is 3. The van der Waals surface area contributed by atoms with Gasteiger partial charge in [0.1, 0.15) is 11.6 Å². The zero-order valence-corrected chi connectivity index (χ0v) is 13.9. The van der Waals surface area contributed by atoms with Crippen LogP contribution in [0.15, 0.2) is 35.5 Å². The largest absolute Gasteiger partial charge is 0.371 e. The van der Waals surface area contributed by atoms with E-state index in [1.165, 1.54) is 22.6 Å².